The van der Waals surface area contributed by atoms with E-state index in [0.29, 0.717) is 23.7 Å². The van der Waals surface area contributed by atoms with Crippen molar-refractivity contribution < 1.29 is 14.4 Å². The fourth-order valence-electron chi connectivity index (χ4n) is 3.74. The molecule has 1 aliphatic heterocycles. The normalized spacial score (nSPS) is 20.9. The number of benzene rings is 1. The van der Waals surface area contributed by atoms with Gasteiger partial charge in [-0.05, 0) is 42.5 Å². The highest BCUT2D eigenvalue weighted by molar-refractivity contribution is 7.16. The molecule has 2 heterocycles. The molecule has 1 aromatic carbocycles. The predicted octanol–water partition coefficient (Wildman–Crippen LogP) is 2.45. The minimum absolute atomic E-state index is 0.278. The van der Waals surface area contributed by atoms with Crippen LogP contribution in [0.3, 0.4) is 0 Å². The molecule has 1 fully saturated rings. The van der Waals surface area contributed by atoms with E-state index < -0.39 is 11.6 Å². The summed E-state index contributed by atoms with van der Waals surface area (Å²) in [6.07, 6.45) is 1.90. The monoisotopic (exact) mass is 403 g/mol. The van der Waals surface area contributed by atoms with E-state index in [0.717, 1.165) is 27.3 Å². The van der Waals surface area contributed by atoms with Gasteiger partial charge in [0.25, 0.3) is 5.91 Å². The molecule has 1 spiro atoms. The fraction of sp³-hybridized carbons (Fsp3) is 0.316. The number of thiophene rings is 1. The third-order valence-electron chi connectivity index (χ3n) is 5.05. The number of carbonyl (C=O) groups is 3. The number of hydrogen-bond donors (Lipinski definition) is 2. The topological polar surface area (TPSA) is 78.5 Å². The summed E-state index contributed by atoms with van der Waals surface area (Å²) in [6, 6.07) is 10.8. The summed E-state index contributed by atoms with van der Waals surface area (Å²) in [4.78, 5) is 39.7. The van der Waals surface area contributed by atoms with Crippen LogP contribution in [0.25, 0.3) is 0 Å². The molecule has 0 radical (unpaired) electrons. The van der Waals surface area contributed by atoms with E-state index in [1.807, 2.05) is 36.4 Å². The molecule has 1 atom stereocenters. The van der Waals surface area contributed by atoms with Gasteiger partial charge in [0.2, 0.25) is 5.91 Å². The van der Waals surface area contributed by atoms with Gasteiger partial charge in [0.15, 0.2) is 0 Å². The van der Waals surface area contributed by atoms with Crippen molar-refractivity contribution in [3.63, 3.8) is 0 Å². The van der Waals surface area contributed by atoms with Gasteiger partial charge < -0.3 is 10.6 Å². The number of halogens is 1. The van der Waals surface area contributed by atoms with E-state index in [-0.39, 0.29) is 18.4 Å². The summed E-state index contributed by atoms with van der Waals surface area (Å²) >= 11 is 7.35. The van der Waals surface area contributed by atoms with Crippen molar-refractivity contribution in [2.24, 2.45) is 0 Å². The molecule has 0 unspecified atom stereocenters. The number of nitrogens with one attached hydrogen (secondary N) is 2. The largest absolute Gasteiger partial charge is 0.354 e. The molecule has 0 saturated carbocycles. The smallest absolute Gasteiger partial charge is 0.325 e. The predicted molar refractivity (Wildman–Crippen MR) is 103 cm³/mol. The van der Waals surface area contributed by atoms with Crippen LogP contribution in [0.15, 0.2) is 36.4 Å². The summed E-state index contributed by atoms with van der Waals surface area (Å²) in [5, 5.41) is 5.58. The van der Waals surface area contributed by atoms with Crippen molar-refractivity contribution in [2.45, 2.75) is 24.8 Å². The van der Waals surface area contributed by atoms with Gasteiger partial charge in [-0.15, -0.1) is 11.3 Å². The molecular formula is C19H18ClN3O3S. The Morgan fingerprint density at radius 3 is 2.85 bits per heavy atom. The van der Waals surface area contributed by atoms with Gasteiger partial charge in [0, 0.05) is 11.4 Å². The molecule has 2 aliphatic rings. The zero-order valence-corrected chi connectivity index (χ0v) is 16.0. The van der Waals surface area contributed by atoms with Gasteiger partial charge in [-0.1, -0.05) is 35.9 Å². The van der Waals surface area contributed by atoms with Gasteiger partial charge in [-0.2, -0.15) is 0 Å². The van der Waals surface area contributed by atoms with E-state index in [9.17, 15) is 14.4 Å². The van der Waals surface area contributed by atoms with Crippen LogP contribution in [0.5, 0.6) is 0 Å². The standard InChI is InChI=1S/C19H18ClN3O3S/c20-15-6-5-13(27-15)8-10-21-16(24)11-23-17(25)19(22-18(23)26)9-7-12-3-1-2-4-14(12)19/h1-6H,7-11H2,(H,21,24)(H,22,26)/t19-/m0/s1. The highest BCUT2D eigenvalue weighted by atomic mass is 35.5. The highest BCUT2D eigenvalue weighted by Gasteiger charge is 2.55. The van der Waals surface area contributed by atoms with Crippen LogP contribution < -0.4 is 10.6 Å². The maximum Gasteiger partial charge on any atom is 0.325 e. The fourth-order valence-corrected chi connectivity index (χ4v) is 4.83. The Morgan fingerprint density at radius 1 is 1.26 bits per heavy atom. The molecule has 4 amide bonds. The zero-order valence-electron chi connectivity index (χ0n) is 14.5. The first-order valence-corrected chi connectivity index (χ1v) is 9.92. The van der Waals surface area contributed by atoms with Crippen LogP contribution in [0.2, 0.25) is 4.34 Å². The molecule has 140 valence electrons. The van der Waals surface area contributed by atoms with Gasteiger partial charge in [0.05, 0.1) is 4.34 Å². The van der Waals surface area contributed by atoms with E-state index in [1.54, 1.807) is 0 Å². The number of carbonyl (C=O) groups excluding carboxylic acids is 3. The average molecular weight is 404 g/mol. The second-order valence-electron chi connectivity index (χ2n) is 6.69. The van der Waals surface area contributed by atoms with E-state index in [1.165, 1.54) is 11.3 Å². The van der Waals surface area contributed by atoms with Crippen LogP contribution >= 0.6 is 22.9 Å². The summed E-state index contributed by atoms with van der Waals surface area (Å²) in [5.41, 5.74) is 0.870. The Balaban J connectivity index is 1.39. The maximum absolute atomic E-state index is 13.0. The molecule has 27 heavy (non-hydrogen) atoms. The number of imide groups is 1. The lowest BCUT2D eigenvalue weighted by atomic mass is 9.92. The third kappa shape index (κ3) is 3.21. The van der Waals surface area contributed by atoms with Crippen LogP contribution in [-0.2, 0) is 28.0 Å². The molecule has 4 rings (SSSR count). The van der Waals surface area contributed by atoms with E-state index >= 15 is 0 Å². The minimum atomic E-state index is -1.03. The second kappa shape index (κ2) is 6.98. The van der Waals surface area contributed by atoms with Crippen molar-refractivity contribution >= 4 is 40.8 Å². The average Bonchev–Trinajstić information content (AvgIpc) is 3.29. The maximum atomic E-state index is 13.0. The first-order valence-electron chi connectivity index (χ1n) is 8.73. The minimum Gasteiger partial charge on any atom is -0.354 e. The quantitative estimate of drug-likeness (QED) is 0.753. The molecule has 1 saturated heterocycles. The van der Waals surface area contributed by atoms with Crippen molar-refractivity contribution in [1.29, 1.82) is 0 Å². The third-order valence-corrected chi connectivity index (χ3v) is 6.34. The number of hydrogen-bond acceptors (Lipinski definition) is 4. The molecule has 0 bridgehead atoms. The number of aryl methyl sites for hydroxylation is 1. The van der Waals surface area contributed by atoms with Gasteiger partial charge in [-0.3, -0.25) is 14.5 Å². The summed E-state index contributed by atoms with van der Waals surface area (Å²) in [7, 11) is 0. The van der Waals surface area contributed by atoms with E-state index in [4.69, 9.17) is 11.6 Å². The SMILES string of the molecule is O=C(CN1C(=O)N[C@]2(CCc3ccccc32)C1=O)NCCc1ccc(Cl)s1. The van der Waals surface area contributed by atoms with Crippen LogP contribution in [0.4, 0.5) is 4.79 Å². The van der Waals surface area contributed by atoms with Crippen LogP contribution in [0.1, 0.15) is 22.4 Å². The summed E-state index contributed by atoms with van der Waals surface area (Å²) < 4.78 is 0.706. The molecule has 2 N–H and O–H groups in total. The van der Waals surface area contributed by atoms with Crippen LogP contribution in [0, 0.1) is 0 Å². The number of rotatable bonds is 5. The summed E-state index contributed by atoms with van der Waals surface area (Å²) in [5.74, 6) is -0.706. The molecule has 8 heteroatoms. The Bertz CT molecular complexity index is 928. The van der Waals surface area contributed by atoms with E-state index in [2.05, 4.69) is 10.6 Å². The first kappa shape index (κ1) is 18.0. The number of nitrogens with zero attached hydrogens (tertiary/aromatic N) is 1. The highest BCUT2D eigenvalue weighted by Crippen LogP contribution is 2.41. The molecule has 2 aromatic rings. The summed E-state index contributed by atoms with van der Waals surface area (Å²) in [6.45, 7) is 0.146. The van der Waals surface area contributed by atoms with Crippen LogP contribution in [-0.4, -0.2) is 35.8 Å². The van der Waals surface area contributed by atoms with Crippen molar-refractivity contribution in [3.8, 4) is 0 Å². The van der Waals surface area contributed by atoms with Gasteiger partial charge in [-0.25, -0.2) is 4.79 Å². The Kier molecular flexibility index (Phi) is 4.65. The number of fused-ring (bicyclic) bond motifs is 2. The molecular weight excluding hydrogens is 386 g/mol. The molecule has 1 aliphatic carbocycles. The molecule has 1 aromatic heterocycles. The Hall–Kier alpha value is -2.38. The zero-order chi connectivity index (χ0) is 19.0. The lowest BCUT2D eigenvalue weighted by Crippen LogP contribution is -2.44. The van der Waals surface area contributed by atoms with Crippen molar-refractivity contribution in [1.82, 2.24) is 15.5 Å². The van der Waals surface area contributed by atoms with Crippen molar-refractivity contribution in [2.75, 3.05) is 13.1 Å². The Morgan fingerprint density at radius 2 is 2.07 bits per heavy atom. The lowest BCUT2D eigenvalue weighted by Gasteiger charge is -2.22. The van der Waals surface area contributed by atoms with Crippen molar-refractivity contribution in [3.05, 3.63) is 56.7 Å². The number of amides is 4. The van der Waals surface area contributed by atoms with Gasteiger partial charge >= 0.3 is 6.03 Å². The Labute approximate surface area is 165 Å². The first-order chi connectivity index (χ1) is 13.0. The van der Waals surface area contributed by atoms with Gasteiger partial charge in [0.1, 0.15) is 12.1 Å². The number of urea groups is 1. The molecule has 6 nitrogen and oxygen atoms in total. The lowest BCUT2D eigenvalue weighted by molar-refractivity contribution is -0.135. The second-order valence-corrected chi connectivity index (χ2v) is 8.49.